The molecule has 1 fully saturated rings. The molecule has 0 bridgehead atoms. The molecule has 1 saturated heterocycles. The normalized spacial score (nSPS) is 21.2. The molecule has 1 aromatic rings. The van der Waals surface area contributed by atoms with Crippen molar-refractivity contribution in [2.24, 2.45) is 5.92 Å². The Morgan fingerprint density at radius 1 is 1.67 bits per heavy atom. The van der Waals surface area contributed by atoms with E-state index in [1.165, 1.54) is 0 Å². The smallest absolute Gasteiger partial charge is 0.225 e. The molecular formula is C8H13N5O2. The van der Waals surface area contributed by atoms with Crippen molar-refractivity contribution in [1.29, 1.82) is 0 Å². The van der Waals surface area contributed by atoms with Gasteiger partial charge in [-0.05, 0) is 12.8 Å². The highest BCUT2D eigenvalue weighted by Gasteiger charge is 2.21. The number of hydrogen-bond donors (Lipinski definition) is 2. The van der Waals surface area contributed by atoms with E-state index < -0.39 is 0 Å². The summed E-state index contributed by atoms with van der Waals surface area (Å²) in [5, 5.41) is 16.0. The Labute approximate surface area is 86.6 Å². The molecule has 1 aromatic heterocycles. The summed E-state index contributed by atoms with van der Waals surface area (Å²) in [4.78, 5) is 11.6. The summed E-state index contributed by atoms with van der Waals surface area (Å²) in [5.74, 6) is 0.449. The summed E-state index contributed by atoms with van der Waals surface area (Å²) < 4.78 is 5.23. The molecule has 1 amide bonds. The lowest BCUT2D eigenvalue weighted by molar-refractivity contribution is -0.129. The van der Waals surface area contributed by atoms with Crippen molar-refractivity contribution >= 4 is 5.91 Å². The van der Waals surface area contributed by atoms with Crippen LogP contribution in [0.25, 0.3) is 0 Å². The van der Waals surface area contributed by atoms with Gasteiger partial charge >= 0.3 is 0 Å². The van der Waals surface area contributed by atoms with Gasteiger partial charge in [0.25, 0.3) is 0 Å². The van der Waals surface area contributed by atoms with Gasteiger partial charge in [0.1, 0.15) is 0 Å². The number of nitrogens with zero attached hydrogens (tertiary/aromatic N) is 3. The first-order chi connectivity index (χ1) is 7.36. The number of ether oxygens (including phenoxy) is 1. The number of tetrazole rings is 1. The van der Waals surface area contributed by atoms with Crippen molar-refractivity contribution in [3.05, 3.63) is 5.82 Å². The molecule has 0 aliphatic carbocycles. The number of nitrogens with one attached hydrogen (secondary N) is 2. The van der Waals surface area contributed by atoms with Crippen LogP contribution in [0.1, 0.15) is 18.7 Å². The first-order valence-corrected chi connectivity index (χ1v) is 4.94. The van der Waals surface area contributed by atoms with Crippen LogP contribution in [0.5, 0.6) is 0 Å². The van der Waals surface area contributed by atoms with Crippen LogP contribution in [-0.2, 0) is 16.1 Å². The van der Waals surface area contributed by atoms with Gasteiger partial charge in [-0.1, -0.05) is 5.21 Å². The van der Waals surface area contributed by atoms with E-state index in [9.17, 15) is 4.79 Å². The zero-order valence-electron chi connectivity index (χ0n) is 8.27. The van der Waals surface area contributed by atoms with Gasteiger partial charge < -0.3 is 10.1 Å². The van der Waals surface area contributed by atoms with E-state index in [1.54, 1.807) is 0 Å². The van der Waals surface area contributed by atoms with E-state index in [2.05, 4.69) is 25.9 Å². The molecule has 0 saturated carbocycles. The lowest BCUT2D eigenvalue weighted by Crippen LogP contribution is -2.35. The lowest BCUT2D eigenvalue weighted by Gasteiger charge is -2.20. The Bertz CT molecular complexity index is 307. The highest BCUT2D eigenvalue weighted by Crippen LogP contribution is 2.13. The van der Waals surface area contributed by atoms with Crippen LogP contribution in [-0.4, -0.2) is 39.7 Å². The second-order valence-electron chi connectivity index (χ2n) is 3.46. The number of aromatic amines is 1. The van der Waals surface area contributed by atoms with E-state index in [0.717, 1.165) is 19.4 Å². The second kappa shape index (κ2) is 4.83. The molecule has 0 spiro atoms. The van der Waals surface area contributed by atoms with Crippen LogP contribution in [0.15, 0.2) is 0 Å². The molecule has 82 valence electrons. The first-order valence-electron chi connectivity index (χ1n) is 4.94. The predicted molar refractivity (Wildman–Crippen MR) is 49.6 cm³/mol. The highest BCUT2D eigenvalue weighted by molar-refractivity contribution is 5.78. The number of H-pyrrole nitrogens is 1. The van der Waals surface area contributed by atoms with Gasteiger partial charge in [0, 0.05) is 6.61 Å². The van der Waals surface area contributed by atoms with Gasteiger partial charge in [0.15, 0.2) is 5.82 Å². The Morgan fingerprint density at radius 3 is 3.27 bits per heavy atom. The molecule has 1 unspecified atom stereocenters. The molecule has 15 heavy (non-hydrogen) atoms. The number of amides is 1. The van der Waals surface area contributed by atoms with Crippen LogP contribution in [0.4, 0.5) is 0 Å². The molecule has 2 N–H and O–H groups in total. The first kappa shape index (κ1) is 10.0. The van der Waals surface area contributed by atoms with Gasteiger partial charge in [0.05, 0.1) is 19.1 Å². The second-order valence-corrected chi connectivity index (χ2v) is 3.46. The molecule has 0 aromatic carbocycles. The van der Waals surface area contributed by atoms with Crippen LogP contribution < -0.4 is 5.32 Å². The summed E-state index contributed by atoms with van der Waals surface area (Å²) >= 11 is 0. The molecule has 0 radical (unpaired) electrons. The monoisotopic (exact) mass is 211 g/mol. The van der Waals surface area contributed by atoms with Crippen molar-refractivity contribution in [3.8, 4) is 0 Å². The van der Waals surface area contributed by atoms with Crippen molar-refractivity contribution in [2.75, 3.05) is 13.2 Å². The minimum absolute atomic E-state index is 0.000463. The molecule has 7 nitrogen and oxygen atoms in total. The summed E-state index contributed by atoms with van der Waals surface area (Å²) in [6.45, 7) is 1.58. The van der Waals surface area contributed by atoms with Gasteiger partial charge in [-0.2, -0.15) is 5.21 Å². The van der Waals surface area contributed by atoms with Crippen molar-refractivity contribution in [1.82, 2.24) is 25.9 Å². The fraction of sp³-hybridized carbons (Fsp3) is 0.750. The number of hydrogen-bond acceptors (Lipinski definition) is 5. The number of rotatable bonds is 3. The van der Waals surface area contributed by atoms with E-state index in [4.69, 9.17) is 4.74 Å². The summed E-state index contributed by atoms with van der Waals surface area (Å²) in [5.41, 5.74) is 0. The molecule has 2 rings (SSSR count). The predicted octanol–water partition coefficient (Wildman–Crippen LogP) is -0.758. The van der Waals surface area contributed by atoms with Gasteiger partial charge in [0.2, 0.25) is 5.91 Å². The average molecular weight is 211 g/mol. The SMILES string of the molecule is O=C(NCc1nn[nH]n1)C1CCCOC1. The fourth-order valence-corrected chi connectivity index (χ4v) is 1.52. The highest BCUT2D eigenvalue weighted by atomic mass is 16.5. The third-order valence-electron chi connectivity index (χ3n) is 2.34. The minimum Gasteiger partial charge on any atom is -0.381 e. The fourth-order valence-electron chi connectivity index (χ4n) is 1.52. The maximum Gasteiger partial charge on any atom is 0.225 e. The van der Waals surface area contributed by atoms with Crippen molar-refractivity contribution in [3.63, 3.8) is 0 Å². The summed E-state index contributed by atoms with van der Waals surface area (Å²) in [7, 11) is 0. The Kier molecular flexibility index (Phi) is 3.23. The molecule has 1 aliphatic rings. The maximum atomic E-state index is 11.6. The molecule has 1 atom stereocenters. The lowest BCUT2D eigenvalue weighted by atomic mass is 10.0. The van der Waals surface area contributed by atoms with Crippen molar-refractivity contribution in [2.45, 2.75) is 19.4 Å². The maximum absolute atomic E-state index is 11.6. The Balaban J connectivity index is 1.76. The van der Waals surface area contributed by atoms with Crippen LogP contribution in [0.2, 0.25) is 0 Å². The largest absolute Gasteiger partial charge is 0.381 e. The van der Waals surface area contributed by atoms with Crippen LogP contribution in [0.3, 0.4) is 0 Å². The summed E-state index contributed by atoms with van der Waals surface area (Å²) in [6.07, 6.45) is 1.83. The van der Waals surface area contributed by atoms with E-state index in [-0.39, 0.29) is 11.8 Å². The minimum atomic E-state index is -0.0364. The molecular weight excluding hydrogens is 198 g/mol. The van der Waals surface area contributed by atoms with Gasteiger partial charge in [-0.25, -0.2) is 0 Å². The topological polar surface area (TPSA) is 92.8 Å². The van der Waals surface area contributed by atoms with Crippen LogP contribution in [0, 0.1) is 5.92 Å². The Morgan fingerprint density at radius 2 is 2.60 bits per heavy atom. The zero-order chi connectivity index (χ0) is 10.5. The van der Waals surface area contributed by atoms with Gasteiger partial charge in [-0.3, -0.25) is 4.79 Å². The Hall–Kier alpha value is -1.50. The number of aromatic nitrogens is 4. The number of carbonyl (C=O) groups is 1. The van der Waals surface area contributed by atoms with Crippen LogP contribution >= 0.6 is 0 Å². The number of carbonyl (C=O) groups excluding carboxylic acids is 1. The third-order valence-corrected chi connectivity index (χ3v) is 2.34. The van der Waals surface area contributed by atoms with E-state index in [0.29, 0.717) is 19.0 Å². The quantitative estimate of drug-likeness (QED) is 0.685. The van der Waals surface area contributed by atoms with Crippen molar-refractivity contribution < 1.29 is 9.53 Å². The molecule has 2 heterocycles. The standard InChI is InChI=1S/C8H13N5O2/c14-8(6-2-1-3-15-5-6)9-4-7-10-12-13-11-7/h6H,1-5H2,(H,9,14)(H,10,11,12,13). The third kappa shape index (κ3) is 2.72. The molecule has 1 aliphatic heterocycles. The molecule has 7 heteroatoms. The van der Waals surface area contributed by atoms with E-state index in [1.807, 2.05) is 0 Å². The van der Waals surface area contributed by atoms with E-state index >= 15 is 0 Å². The average Bonchev–Trinajstić information content (AvgIpc) is 2.80. The summed E-state index contributed by atoms with van der Waals surface area (Å²) in [6, 6.07) is 0. The van der Waals surface area contributed by atoms with Gasteiger partial charge in [-0.15, -0.1) is 10.2 Å². The zero-order valence-corrected chi connectivity index (χ0v) is 8.27.